The molecule has 7 nitrogen and oxygen atoms in total. The third-order valence-corrected chi connectivity index (χ3v) is 6.73. The summed E-state index contributed by atoms with van der Waals surface area (Å²) in [7, 11) is 1.50. The Balaban J connectivity index is 1.32. The van der Waals surface area contributed by atoms with Gasteiger partial charge in [0.1, 0.15) is 17.1 Å². The zero-order valence-corrected chi connectivity index (χ0v) is 18.1. The van der Waals surface area contributed by atoms with Gasteiger partial charge in [0.25, 0.3) is 5.24 Å². The number of likely N-dealkylation sites (N-methyl/N-ethyl adjacent to an activating group) is 1. The minimum absolute atomic E-state index is 0.0470. The Morgan fingerprint density at radius 3 is 2.42 bits per heavy atom. The van der Waals surface area contributed by atoms with Crippen LogP contribution in [0.2, 0.25) is 0 Å². The summed E-state index contributed by atoms with van der Waals surface area (Å²) in [5.41, 5.74) is 1.78. The number of carbonyl (C=O) groups is 3. The van der Waals surface area contributed by atoms with Crippen LogP contribution in [0.3, 0.4) is 0 Å². The number of amides is 4. The maximum absolute atomic E-state index is 12.5. The number of likely N-dealkylation sites (tertiary alicyclic amines) is 1. The SMILES string of the molecule is CN1C(=O)SC(c2ccccc2OC2CCN(C(=O)NCc3ccccc3)CC2)C1=O. The number of benzene rings is 2. The summed E-state index contributed by atoms with van der Waals surface area (Å²) in [6.07, 6.45) is 1.37. The average Bonchev–Trinajstić information content (AvgIpc) is 3.06. The van der Waals surface area contributed by atoms with E-state index in [9.17, 15) is 14.4 Å². The van der Waals surface area contributed by atoms with Crippen LogP contribution in [0.15, 0.2) is 54.6 Å². The molecule has 1 atom stereocenters. The summed E-state index contributed by atoms with van der Waals surface area (Å²) < 4.78 is 6.22. The molecule has 0 aromatic heterocycles. The highest BCUT2D eigenvalue weighted by atomic mass is 32.2. The zero-order valence-electron chi connectivity index (χ0n) is 17.3. The van der Waals surface area contributed by atoms with E-state index in [1.165, 1.54) is 7.05 Å². The van der Waals surface area contributed by atoms with Crippen LogP contribution in [-0.2, 0) is 11.3 Å². The first-order valence-electron chi connectivity index (χ1n) is 10.3. The Morgan fingerprint density at radius 1 is 1.06 bits per heavy atom. The Labute approximate surface area is 185 Å². The maximum atomic E-state index is 12.5. The molecule has 1 N–H and O–H groups in total. The van der Waals surface area contributed by atoms with Gasteiger partial charge in [-0.1, -0.05) is 48.5 Å². The molecular formula is C23H25N3O4S. The van der Waals surface area contributed by atoms with Crippen LogP contribution >= 0.6 is 11.8 Å². The maximum Gasteiger partial charge on any atom is 0.317 e. The van der Waals surface area contributed by atoms with E-state index in [4.69, 9.17) is 4.74 Å². The summed E-state index contributed by atoms with van der Waals surface area (Å²) in [6.45, 7) is 1.71. The van der Waals surface area contributed by atoms with Crippen molar-refractivity contribution in [3.63, 3.8) is 0 Å². The summed E-state index contributed by atoms with van der Waals surface area (Å²) in [6, 6.07) is 17.1. The van der Waals surface area contributed by atoms with Gasteiger partial charge in [-0.25, -0.2) is 4.79 Å². The van der Waals surface area contributed by atoms with Gasteiger partial charge in [-0.15, -0.1) is 0 Å². The van der Waals surface area contributed by atoms with Gasteiger partial charge in [0.05, 0.1) is 0 Å². The van der Waals surface area contributed by atoms with Gasteiger partial charge in [-0.05, 0) is 23.4 Å². The number of piperidine rings is 1. The van der Waals surface area contributed by atoms with Crippen molar-refractivity contribution in [2.45, 2.75) is 30.7 Å². The van der Waals surface area contributed by atoms with Crippen LogP contribution in [0.4, 0.5) is 9.59 Å². The Morgan fingerprint density at radius 2 is 1.74 bits per heavy atom. The number of hydrogen-bond donors (Lipinski definition) is 1. The van der Waals surface area contributed by atoms with Gasteiger partial charge in [-0.3, -0.25) is 14.5 Å². The Hall–Kier alpha value is -3.00. The molecule has 4 rings (SSSR count). The fourth-order valence-corrected chi connectivity index (χ4v) is 4.77. The number of ether oxygens (including phenoxy) is 1. The van der Waals surface area contributed by atoms with Crippen LogP contribution < -0.4 is 10.1 Å². The molecule has 2 aromatic carbocycles. The van der Waals surface area contributed by atoms with Crippen molar-refractivity contribution in [2.24, 2.45) is 0 Å². The van der Waals surface area contributed by atoms with E-state index in [0.29, 0.717) is 38.2 Å². The molecule has 2 aromatic rings. The highest BCUT2D eigenvalue weighted by molar-refractivity contribution is 8.15. The Bertz CT molecular complexity index is 960. The highest BCUT2D eigenvalue weighted by Gasteiger charge is 2.39. The van der Waals surface area contributed by atoms with Gasteiger partial charge in [0, 0.05) is 45.1 Å². The van der Waals surface area contributed by atoms with Crippen LogP contribution in [0.1, 0.15) is 29.2 Å². The molecule has 2 aliphatic rings. The van der Waals surface area contributed by atoms with Crippen molar-refractivity contribution in [2.75, 3.05) is 20.1 Å². The van der Waals surface area contributed by atoms with Gasteiger partial charge in [-0.2, -0.15) is 0 Å². The molecule has 8 heteroatoms. The van der Waals surface area contributed by atoms with Crippen LogP contribution in [0, 0.1) is 0 Å². The predicted octanol–water partition coefficient (Wildman–Crippen LogP) is 3.81. The largest absolute Gasteiger partial charge is 0.490 e. The molecular weight excluding hydrogens is 414 g/mol. The number of urea groups is 1. The third-order valence-electron chi connectivity index (χ3n) is 5.56. The summed E-state index contributed by atoms with van der Waals surface area (Å²) in [5, 5.41) is 2.14. The molecule has 4 amide bonds. The summed E-state index contributed by atoms with van der Waals surface area (Å²) >= 11 is 1.02. The zero-order chi connectivity index (χ0) is 21.8. The van der Waals surface area contributed by atoms with E-state index in [-0.39, 0.29) is 23.3 Å². The topological polar surface area (TPSA) is 79.0 Å². The number of para-hydroxylation sites is 1. The molecule has 2 heterocycles. The van der Waals surface area contributed by atoms with Crippen LogP contribution in [-0.4, -0.2) is 53.2 Å². The smallest absolute Gasteiger partial charge is 0.317 e. The molecule has 0 spiro atoms. The fraction of sp³-hybridized carbons (Fsp3) is 0.348. The molecule has 2 aliphatic heterocycles. The molecule has 0 aliphatic carbocycles. The lowest BCUT2D eigenvalue weighted by molar-refractivity contribution is -0.125. The van der Waals surface area contributed by atoms with E-state index in [1.807, 2.05) is 54.6 Å². The standard InChI is InChI=1S/C23H25N3O4S/c1-25-21(27)20(31-23(25)29)18-9-5-6-10-19(18)30-17-11-13-26(14-12-17)22(28)24-15-16-7-3-2-4-8-16/h2-10,17,20H,11-15H2,1H3,(H,24,28). The lowest BCUT2D eigenvalue weighted by atomic mass is 10.1. The average molecular weight is 440 g/mol. The van der Waals surface area contributed by atoms with E-state index in [0.717, 1.165) is 27.8 Å². The van der Waals surface area contributed by atoms with Crippen molar-refractivity contribution in [1.29, 1.82) is 0 Å². The van der Waals surface area contributed by atoms with Gasteiger partial charge < -0.3 is 15.0 Å². The van der Waals surface area contributed by atoms with E-state index >= 15 is 0 Å². The normalized spacial score (nSPS) is 19.6. The predicted molar refractivity (Wildman–Crippen MR) is 119 cm³/mol. The molecule has 31 heavy (non-hydrogen) atoms. The van der Waals surface area contributed by atoms with Crippen molar-refractivity contribution in [3.05, 3.63) is 65.7 Å². The number of hydrogen-bond acceptors (Lipinski definition) is 5. The van der Waals surface area contributed by atoms with Crippen molar-refractivity contribution >= 4 is 28.9 Å². The van der Waals surface area contributed by atoms with Crippen LogP contribution in [0.25, 0.3) is 0 Å². The quantitative estimate of drug-likeness (QED) is 0.767. The van der Waals surface area contributed by atoms with E-state index < -0.39 is 5.25 Å². The van der Waals surface area contributed by atoms with Gasteiger partial charge in [0.2, 0.25) is 5.91 Å². The molecule has 2 saturated heterocycles. The van der Waals surface area contributed by atoms with Crippen molar-refractivity contribution in [3.8, 4) is 5.75 Å². The number of carbonyl (C=O) groups excluding carboxylic acids is 3. The Kier molecular flexibility index (Phi) is 6.46. The first-order chi connectivity index (χ1) is 15.0. The number of nitrogens with zero attached hydrogens (tertiary/aromatic N) is 2. The van der Waals surface area contributed by atoms with E-state index in [2.05, 4.69) is 5.32 Å². The molecule has 162 valence electrons. The molecule has 0 saturated carbocycles. The highest BCUT2D eigenvalue weighted by Crippen LogP contribution is 2.42. The number of thioether (sulfide) groups is 1. The second-order valence-electron chi connectivity index (χ2n) is 7.65. The second kappa shape index (κ2) is 9.43. The minimum atomic E-state index is -0.572. The monoisotopic (exact) mass is 439 g/mol. The van der Waals surface area contributed by atoms with Gasteiger partial charge >= 0.3 is 6.03 Å². The molecule has 2 fully saturated rings. The van der Waals surface area contributed by atoms with Crippen LogP contribution in [0.5, 0.6) is 5.75 Å². The minimum Gasteiger partial charge on any atom is -0.490 e. The molecule has 0 bridgehead atoms. The lowest BCUT2D eigenvalue weighted by Gasteiger charge is -2.32. The molecule has 0 radical (unpaired) electrons. The number of imide groups is 1. The van der Waals surface area contributed by atoms with Gasteiger partial charge in [0.15, 0.2) is 0 Å². The molecule has 1 unspecified atom stereocenters. The third kappa shape index (κ3) is 4.85. The number of rotatable bonds is 5. The lowest BCUT2D eigenvalue weighted by Crippen LogP contribution is -2.46. The van der Waals surface area contributed by atoms with Crippen molar-refractivity contribution in [1.82, 2.24) is 15.1 Å². The first kappa shape index (κ1) is 21.2. The summed E-state index contributed by atoms with van der Waals surface area (Å²) in [5.74, 6) is 0.402. The fourth-order valence-electron chi connectivity index (χ4n) is 3.74. The van der Waals surface area contributed by atoms with E-state index in [1.54, 1.807) is 4.90 Å². The number of nitrogens with one attached hydrogen (secondary N) is 1. The first-order valence-corrected chi connectivity index (χ1v) is 11.2. The van der Waals surface area contributed by atoms with Crippen molar-refractivity contribution < 1.29 is 19.1 Å². The second-order valence-corrected chi connectivity index (χ2v) is 8.70. The summed E-state index contributed by atoms with van der Waals surface area (Å²) in [4.78, 5) is 39.7.